The number of amides is 6. The van der Waals surface area contributed by atoms with Gasteiger partial charge in [0.05, 0.1) is 54.7 Å². The van der Waals surface area contributed by atoms with Crippen LogP contribution in [0.3, 0.4) is 0 Å². The summed E-state index contributed by atoms with van der Waals surface area (Å²) < 4.78 is 1.15. The van der Waals surface area contributed by atoms with E-state index in [-0.39, 0.29) is 53.6 Å². The molecule has 24 atom stereocenters. The first kappa shape index (κ1) is 95.6. The molecule has 12 aliphatic rings. The number of nitrogens with one attached hydrogen (secondary N) is 3. The number of hydrogen-bond donors (Lipinski definition) is 11. The number of aliphatic hydroxyl groups excluding tert-OH is 6. The summed E-state index contributed by atoms with van der Waals surface area (Å²) in [4.78, 5) is 87.8. The summed E-state index contributed by atoms with van der Waals surface area (Å²) in [7, 11) is 8.80. The largest absolute Gasteiger partial charge is 0.488 e. The van der Waals surface area contributed by atoms with Crippen molar-refractivity contribution >= 4 is 70.6 Å². The molecule has 9 aliphatic carbocycles. The fraction of sp³-hybridized carbons (Fsp3) is 0.576. The average molecular weight is 1810 g/mol. The molecular formula is C99H137BIN9O14. The maximum absolute atomic E-state index is 13.8. The topological polar surface area (TPSA) is 320 Å². The molecule has 3 saturated heterocycles. The lowest BCUT2D eigenvalue weighted by Crippen LogP contribution is -2.62. The van der Waals surface area contributed by atoms with Gasteiger partial charge in [0, 0.05) is 138 Å². The van der Waals surface area contributed by atoms with Gasteiger partial charge in [0.25, 0.3) is 17.7 Å². The van der Waals surface area contributed by atoms with Crippen molar-refractivity contribution in [2.45, 2.75) is 214 Å². The van der Waals surface area contributed by atoms with Gasteiger partial charge in [-0.05, 0) is 256 Å². The molecule has 6 amide bonds. The monoisotopic (exact) mass is 1810 g/mol. The van der Waals surface area contributed by atoms with Gasteiger partial charge in [-0.1, -0.05) is 147 Å². The van der Waals surface area contributed by atoms with E-state index >= 15 is 0 Å². The number of rotatable bonds is 21. The van der Waals surface area contributed by atoms with Crippen LogP contribution in [0.4, 0.5) is 0 Å². The van der Waals surface area contributed by atoms with Gasteiger partial charge in [-0.25, -0.2) is 0 Å². The highest BCUT2D eigenvalue weighted by molar-refractivity contribution is 14.1. The summed E-state index contributed by atoms with van der Waals surface area (Å²) >= 11 is 2.29. The number of halogens is 1. The number of β-amino-alcohol motifs (C(OH)–C–C–N with tert-alkyl or cyclic N) is 3. The molecule has 124 heavy (non-hydrogen) atoms. The second-order valence-electron chi connectivity index (χ2n) is 40.3. The van der Waals surface area contributed by atoms with E-state index in [0.29, 0.717) is 131 Å². The lowest BCUT2D eigenvalue weighted by molar-refractivity contribution is -0.139. The normalized spacial score (nSPS) is 30.9. The van der Waals surface area contributed by atoms with Crippen LogP contribution in [0.1, 0.15) is 169 Å². The Balaban J connectivity index is 0.000000158. The Morgan fingerprint density at radius 1 is 0.411 bits per heavy atom. The van der Waals surface area contributed by atoms with E-state index < -0.39 is 79.6 Å². The summed E-state index contributed by atoms with van der Waals surface area (Å²) in [6, 6.07) is 44.6. The first-order chi connectivity index (χ1) is 58.4. The van der Waals surface area contributed by atoms with Crippen LogP contribution >= 0.6 is 22.6 Å². The molecule has 672 valence electrons. The van der Waals surface area contributed by atoms with Crippen LogP contribution in [0.2, 0.25) is 0 Å². The van der Waals surface area contributed by atoms with E-state index in [4.69, 9.17) is 10.0 Å². The predicted molar refractivity (Wildman–Crippen MR) is 493 cm³/mol. The minimum absolute atomic E-state index is 0.0340. The maximum atomic E-state index is 13.8. The minimum Gasteiger partial charge on any atom is -0.423 e. The van der Waals surface area contributed by atoms with Gasteiger partial charge in [-0.2, -0.15) is 0 Å². The van der Waals surface area contributed by atoms with E-state index in [1.54, 1.807) is 85.0 Å². The molecule has 6 aromatic carbocycles. The minimum atomic E-state index is -1.49. The van der Waals surface area contributed by atoms with Crippen molar-refractivity contribution in [2.75, 3.05) is 61.9 Å². The summed E-state index contributed by atoms with van der Waals surface area (Å²) in [6.07, 6.45) is 2.16. The first-order valence-electron chi connectivity index (χ1n) is 44.8. The van der Waals surface area contributed by atoms with Crippen molar-refractivity contribution in [3.63, 3.8) is 0 Å². The maximum Gasteiger partial charge on any atom is 0.488 e. The molecule has 3 heterocycles. The second-order valence-corrected chi connectivity index (χ2v) is 41.5. The molecule has 9 saturated carbocycles. The fourth-order valence-corrected chi connectivity index (χ4v) is 23.7. The third-order valence-corrected chi connectivity index (χ3v) is 31.6. The number of nitrogens with zero attached hydrogens (tertiary/aromatic N) is 6. The standard InChI is InChI=1S/2C33H45N3O4.C24H35IN2O3.C9H12BNO3/c2*1-19-26-15-25(33(26,3)4)16-27(19)34-31(39)30-29(20(2)37)28(38)18-36(30)17-21-8-7-9-24(14-21)22-10-12-23(13-11-22)32(40)35(5)6;1-13-18-9-16(24(18,3)4)10-19(13)26-23(30)22-21(14(2)28)20(29)12-27(22)11-15-6-5-7-17(25)8-15;1-11(2)9(12)7-3-5-8(6-4-7)10(13)14/h2*7-14,19-20,25-30,37-38H,15-18H2,1-6H3,(H,34,39);5-8,13-14,16,18-22,28-29H,9-12H2,1-4H3,(H,26,30);3-6,13-14H,1-2H3/t2*19-,20-,25+,26-,27?,28-,29+,30-;13-,14-,16+,18-,19?,20-,21+,22-;/m000./s1. The zero-order chi connectivity index (χ0) is 90.4. The summed E-state index contributed by atoms with van der Waals surface area (Å²) in [6.45, 7) is 28.6. The molecule has 18 rings (SSSR count). The molecule has 6 bridgehead atoms. The van der Waals surface area contributed by atoms with Crippen LogP contribution in [0.25, 0.3) is 22.3 Å². The smallest absolute Gasteiger partial charge is 0.423 e. The Hall–Kier alpha value is -7.51. The van der Waals surface area contributed by atoms with E-state index in [1.807, 2.05) is 112 Å². The molecule has 25 heteroatoms. The first-order valence-corrected chi connectivity index (χ1v) is 45.9. The van der Waals surface area contributed by atoms with Crippen LogP contribution < -0.4 is 21.4 Å². The summed E-state index contributed by atoms with van der Waals surface area (Å²) in [5.74, 6) is 3.14. The van der Waals surface area contributed by atoms with Crippen molar-refractivity contribution in [2.24, 2.45) is 87.3 Å². The Labute approximate surface area is 748 Å². The van der Waals surface area contributed by atoms with Crippen LogP contribution in [0, 0.1) is 90.8 Å². The third-order valence-electron chi connectivity index (χ3n) is 30.9. The molecule has 11 N–H and O–H groups in total. The van der Waals surface area contributed by atoms with Gasteiger partial charge in [-0.3, -0.25) is 43.5 Å². The van der Waals surface area contributed by atoms with Gasteiger partial charge >= 0.3 is 7.12 Å². The number of carbonyl (C=O) groups is 6. The molecule has 3 aliphatic heterocycles. The third kappa shape index (κ3) is 20.5. The number of benzene rings is 6. The Morgan fingerprint density at radius 3 is 0.935 bits per heavy atom. The number of hydrogen-bond acceptors (Lipinski definition) is 17. The van der Waals surface area contributed by atoms with Crippen LogP contribution in [-0.2, 0) is 34.0 Å². The van der Waals surface area contributed by atoms with Gasteiger partial charge in [-0.15, -0.1) is 0 Å². The SMILES string of the molecule is CN(C)C(=O)c1ccc(B(O)O)cc1.C[C@H](O)[C@H]1[C@@H](C(=O)NC2C[C@H]3C[C@@H]([C@@H]2C)C3(C)C)N(Cc2cccc(-c3ccc(C(=O)N(C)C)cc3)c2)C[C@@H]1O.C[C@H](O)[C@H]1[C@@H](C(=O)NC2C[C@H]3C[C@@H]([C@@H]2C)C3(C)C)N(Cc2cccc(-c3ccc(C(=O)N(C)C)cc3)c2)C[C@@H]1O.C[C@H](O)[C@H]1[C@@H](C(=O)NC2C[C@H]3C[C@@H]([C@@H]2C)C3(C)C)N(Cc2cccc(I)c2)C[C@@H]1O. The fourth-order valence-electron chi connectivity index (χ4n) is 23.1. The Morgan fingerprint density at radius 2 is 0.685 bits per heavy atom. The zero-order valence-corrected chi connectivity index (χ0v) is 78.0. The molecular weight excluding hydrogens is 1680 g/mol. The van der Waals surface area contributed by atoms with Gasteiger partial charge < -0.3 is 71.3 Å². The molecule has 0 radical (unpaired) electrons. The van der Waals surface area contributed by atoms with Crippen molar-refractivity contribution < 1.29 is 69.5 Å². The quantitative estimate of drug-likeness (QED) is 0.0236. The number of fused-ring (bicyclic) bond motifs is 6. The van der Waals surface area contributed by atoms with Crippen molar-refractivity contribution in [1.82, 2.24) is 45.3 Å². The Bertz CT molecular complexity index is 4530. The van der Waals surface area contributed by atoms with Crippen molar-refractivity contribution in [1.29, 1.82) is 0 Å². The zero-order valence-electron chi connectivity index (χ0n) is 75.9. The number of aliphatic hydroxyl groups is 6. The number of likely N-dealkylation sites (tertiary alicyclic amines) is 3. The van der Waals surface area contributed by atoms with Crippen LogP contribution in [0.5, 0.6) is 0 Å². The van der Waals surface area contributed by atoms with Gasteiger partial charge in [0.15, 0.2) is 0 Å². The highest BCUT2D eigenvalue weighted by atomic mass is 127. The molecule has 0 spiro atoms. The summed E-state index contributed by atoms with van der Waals surface area (Å²) in [5.41, 5.74) is 10.5. The van der Waals surface area contributed by atoms with Gasteiger partial charge in [0.2, 0.25) is 17.7 Å². The van der Waals surface area contributed by atoms with Crippen LogP contribution in [-0.4, -0.2) is 247 Å². The van der Waals surface area contributed by atoms with Crippen molar-refractivity contribution in [3.8, 4) is 22.3 Å². The lowest BCUT2D eigenvalue weighted by Gasteiger charge is -2.62. The lowest BCUT2D eigenvalue weighted by atomic mass is 9.45. The molecule has 0 aromatic heterocycles. The average Bonchev–Trinajstić information content (AvgIpc) is 0.929. The van der Waals surface area contributed by atoms with E-state index in [0.717, 1.165) is 61.8 Å². The van der Waals surface area contributed by atoms with E-state index in [2.05, 4.69) is 125 Å². The molecule has 23 nitrogen and oxygen atoms in total. The molecule has 12 fully saturated rings. The molecule has 3 unspecified atom stereocenters. The van der Waals surface area contributed by atoms with E-state index in [9.17, 15) is 59.4 Å². The summed E-state index contributed by atoms with van der Waals surface area (Å²) in [5, 5.41) is 91.8. The highest BCUT2D eigenvalue weighted by Gasteiger charge is 2.61. The Kier molecular flexibility index (Phi) is 30.2. The predicted octanol–water partition coefficient (Wildman–Crippen LogP) is 9.66. The van der Waals surface area contributed by atoms with Gasteiger partial charge in [0.1, 0.15) is 0 Å². The highest BCUT2D eigenvalue weighted by Crippen LogP contribution is 2.63. The second kappa shape index (κ2) is 39.2. The van der Waals surface area contributed by atoms with Crippen molar-refractivity contribution in [3.05, 3.63) is 183 Å². The molecule has 6 aromatic rings. The van der Waals surface area contributed by atoms with E-state index in [1.165, 1.54) is 36.3 Å². The number of carbonyl (C=O) groups excluding carboxylic acids is 6. The van der Waals surface area contributed by atoms with Crippen LogP contribution in [0.15, 0.2) is 146 Å².